The van der Waals surface area contributed by atoms with Crippen molar-refractivity contribution in [1.82, 2.24) is 14.5 Å². The number of urea groups is 1. The molecule has 2 amide bonds. The van der Waals surface area contributed by atoms with E-state index in [4.69, 9.17) is 4.74 Å². The molecule has 2 rings (SSSR count). The van der Waals surface area contributed by atoms with E-state index in [9.17, 15) is 14.7 Å². The van der Waals surface area contributed by atoms with Crippen LogP contribution in [0.3, 0.4) is 0 Å². The van der Waals surface area contributed by atoms with E-state index in [0.717, 1.165) is 18.0 Å². The molecule has 9 heteroatoms. The van der Waals surface area contributed by atoms with Crippen molar-refractivity contribution < 1.29 is 19.4 Å². The summed E-state index contributed by atoms with van der Waals surface area (Å²) < 4.78 is 8.88. The van der Waals surface area contributed by atoms with E-state index in [1.165, 1.54) is 11.1 Å². The van der Waals surface area contributed by atoms with Crippen molar-refractivity contribution in [2.24, 2.45) is 5.92 Å². The minimum absolute atomic E-state index is 0.135. The van der Waals surface area contributed by atoms with Crippen LogP contribution in [0.25, 0.3) is 0 Å². The van der Waals surface area contributed by atoms with Crippen LogP contribution in [0, 0.1) is 5.92 Å². The van der Waals surface area contributed by atoms with Crippen molar-refractivity contribution in [3.63, 3.8) is 0 Å². The molecule has 0 spiro atoms. The Bertz CT molecular complexity index is 467. The average molecular weight is 300 g/mol. The van der Waals surface area contributed by atoms with Crippen LogP contribution in [0.4, 0.5) is 9.80 Å². The van der Waals surface area contributed by atoms with Crippen LogP contribution in [0.2, 0.25) is 0 Å². The Balaban J connectivity index is 2.09. The van der Waals surface area contributed by atoms with Crippen LogP contribution in [0.15, 0.2) is 6.20 Å². The summed E-state index contributed by atoms with van der Waals surface area (Å²) in [5, 5.41) is 16.0. The molecule has 1 aromatic rings. The monoisotopic (exact) mass is 300 g/mol. The lowest BCUT2D eigenvalue weighted by Gasteiger charge is -2.29. The molecular weight excluding hydrogens is 284 g/mol. The number of carboxylic acids is 1. The van der Waals surface area contributed by atoms with Gasteiger partial charge >= 0.3 is 12.0 Å². The smallest absolute Gasteiger partial charge is 0.322 e. The first-order valence-electron chi connectivity index (χ1n) is 6.29. The van der Waals surface area contributed by atoms with Gasteiger partial charge in [-0.05, 0) is 6.42 Å². The number of rotatable bonds is 5. The Morgan fingerprint density at radius 3 is 3.00 bits per heavy atom. The van der Waals surface area contributed by atoms with Crippen molar-refractivity contribution in [2.45, 2.75) is 19.4 Å². The third-order valence-electron chi connectivity index (χ3n) is 3.08. The van der Waals surface area contributed by atoms with Gasteiger partial charge in [0.25, 0.3) is 0 Å². The maximum Gasteiger partial charge on any atom is 0.322 e. The number of nitrogens with zero attached hydrogens (tertiary/aromatic N) is 3. The van der Waals surface area contributed by atoms with Gasteiger partial charge in [-0.25, -0.2) is 4.79 Å². The fourth-order valence-electron chi connectivity index (χ4n) is 2.14. The third-order valence-corrected chi connectivity index (χ3v) is 3.66. The molecule has 8 nitrogen and oxygen atoms in total. The van der Waals surface area contributed by atoms with E-state index in [1.807, 2.05) is 6.92 Å². The van der Waals surface area contributed by atoms with Gasteiger partial charge < -0.3 is 14.7 Å². The number of nitrogens with one attached hydrogen (secondary N) is 1. The second-order valence-corrected chi connectivity index (χ2v) is 5.24. The molecule has 0 radical (unpaired) electrons. The standard InChI is InChI=1S/C11H16N4O4S/c1-2-3-15(8-6-19-5-7(8)10(16)17)11(18)13-9-4-12-14-20-9/h4,7-8H,2-3,5-6H2,1H3,(H,13,18)(H,16,17). The number of aliphatic carboxylic acids is 1. The minimum atomic E-state index is -0.944. The average Bonchev–Trinajstić information content (AvgIpc) is 3.06. The maximum atomic E-state index is 12.3. The molecule has 0 bridgehead atoms. The molecule has 0 saturated carbocycles. The number of hydrogen-bond acceptors (Lipinski definition) is 6. The zero-order valence-electron chi connectivity index (χ0n) is 11.0. The summed E-state index contributed by atoms with van der Waals surface area (Å²) in [4.78, 5) is 25.0. The van der Waals surface area contributed by atoms with Crippen molar-refractivity contribution in [1.29, 1.82) is 0 Å². The first kappa shape index (κ1) is 14.7. The Kier molecular flexibility index (Phi) is 4.85. The van der Waals surface area contributed by atoms with E-state index in [2.05, 4.69) is 14.9 Å². The van der Waals surface area contributed by atoms with Gasteiger partial charge in [-0.2, -0.15) is 0 Å². The van der Waals surface area contributed by atoms with Crippen LogP contribution >= 0.6 is 11.5 Å². The highest BCUT2D eigenvalue weighted by molar-refractivity contribution is 7.10. The molecule has 2 unspecified atom stereocenters. The van der Waals surface area contributed by atoms with Gasteiger partial charge in [0, 0.05) is 18.1 Å². The zero-order valence-corrected chi connectivity index (χ0v) is 11.8. The molecule has 1 aliphatic heterocycles. The second-order valence-electron chi connectivity index (χ2n) is 4.45. The number of carbonyl (C=O) groups is 2. The highest BCUT2D eigenvalue weighted by Gasteiger charge is 2.39. The van der Waals surface area contributed by atoms with Gasteiger partial charge in [0.2, 0.25) is 0 Å². The Hall–Kier alpha value is -1.74. The van der Waals surface area contributed by atoms with E-state index in [0.29, 0.717) is 11.5 Å². The predicted octanol–water partition coefficient (Wildman–Crippen LogP) is 0.882. The maximum absolute atomic E-state index is 12.3. The van der Waals surface area contributed by atoms with Gasteiger partial charge in [0.05, 0.1) is 25.5 Å². The fourth-order valence-corrected chi connectivity index (χ4v) is 2.55. The summed E-state index contributed by atoms with van der Waals surface area (Å²) in [7, 11) is 0. The summed E-state index contributed by atoms with van der Waals surface area (Å²) in [5.41, 5.74) is 0. The summed E-state index contributed by atoms with van der Waals surface area (Å²) >= 11 is 1.07. The molecular formula is C11H16N4O4S. The molecule has 1 fully saturated rings. The second kappa shape index (κ2) is 6.62. The van der Waals surface area contributed by atoms with Gasteiger partial charge in [-0.3, -0.25) is 10.1 Å². The van der Waals surface area contributed by atoms with Crippen LogP contribution in [0.5, 0.6) is 0 Å². The molecule has 110 valence electrons. The normalized spacial score (nSPS) is 21.6. The van der Waals surface area contributed by atoms with Crippen molar-refractivity contribution in [3.05, 3.63) is 6.20 Å². The topological polar surface area (TPSA) is 105 Å². The number of ether oxygens (including phenoxy) is 1. The van der Waals surface area contributed by atoms with Crippen LogP contribution in [-0.2, 0) is 9.53 Å². The highest BCUT2D eigenvalue weighted by atomic mass is 32.1. The molecule has 0 aliphatic carbocycles. The lowest BCUT2D eigenvalue weighted by Crippen LogP contribution is -2.48. The predicted molar refractivity (Wildman–Crippen MR) is 71.7 cm³/mol. The number of anilines is 1. The van der Waals surface area contributed by atoms with Gasteiger partial charge in [-0.1, -0.05) is 11.4 Å². The molecule has 1 aromatic heterocycles. The Morgan fingerprint density at radius 2 is 2.40 bits per heavy atom. The fraction of sp³-hybridized carbons (Fsp3) is 0.636. The van der Waals surface area contributed by atoms with Crippen molar-refractivity contribution in [2.75, 3.05) is 25.1 Å². The van der Waals surface area contributed by atoms with E-state index in [-0.39, 0.29) is 19.2 Å². The summed E-state index contributed by atoms with van der Waals surface area (Å²) in [6, 6.07) is -0.798. The molecule has 1 saturated heterocycles. The van der Waals surface area contributed by atoms with Gasteiger partial charge in [0.1, 0.15) is 10.9 Å². The van der Waals surface area contributed by atoms with Crippen molar-refractivity contribution >= 4 is 28.5 Å². The number of aromatic nitrogens is 2. The van der Waals surface area contributed by atoms with Crippen LogP contribution < -0.4 is 5.32 Å². The van der Waals surface area contributed by atoms with Crippen LogP contribution in [-0.4, -0.2) is 57.4 Å². The van der Waals surface area contributed by atoms with Gasteiger partial charge in [0.15, 0.2) is 0 Å². The number of carbonyl (C=O) groups excluding carboxylic acids is 1. The third kappa shape index (κ3) is 3.23. The van der Waals surface area contributed by atoms with Gasteiger partial charge in [-0.15, -0.1) is 5.10 Å². The first-order valence-corrected chi connectivity index (χ1v) is 7.06. The van der Waals surface area contributed by atoms with Crippen LogP contribution in [0.1, 0.15) is 13.3 Å². The minimum Gasteiger partial charge on any atom is -0.481 e. The largest absolute Gasteiger partial charge is 0.481 e. The zero-order chi connectivity index (χ0) is 14.5. The molecule has 2 heterocycles. The quantitative estimate of drug-likeness (QED) is 0.836. The number of amides is 2. The summed E-state index contributed by atoms with van der Waals surface area (Å²) in [5.74, 6) is -1.63. The summed E-state index contributed by atoms with van der Waals surface area (Å²) in [6.45, 7) is 2.77. The SMILES string of the molecule is CCCN(C(=O)Nc1cnns1)C1COCC1C(=O)O. The molecule has 0 aromatic carbocycles. The molecule has 2 atom stereocenters. The number of carboxylic acid groups (broad SMARTS) is 1. The molecule has 1 aliphatic rings. The van der Waals surface area contributed by atoms with Crippen molar-refractivity contribution in [3.8, 4) is 0 Å². The first-order chi connectivity index (χ1) is 9.63. The summed E-state index contributed by atoms with van der Waals surface area (Å²) in [6.07, 6.45) is 2.18. The Labute approximate surface area is 119 Å². The number of hydrogen-bond donors (Lipinski definition) is 2. The van der Waals surface area contributed by atoms with E-state index < -0.39 is 17.9 Å². The lowest BCUT2D eigenvalue weighted by atomic mass is 10.0. The lowest BCUT2D eigenvalue weighted by molar-refractivity contribution is -0.142. The Morgan fingerprint density at radius 1 is 1.60 bits per heavy atom. The molecule has 2 N–H and O–H groups in total. The van der Waals surface area contributed by atoms with E-state index >= 15 is 0 Å². The van der Waals surface area contributed by atoms with E-state index in [1.54, 1.807) is 0 Å². The molecule has 20 heavy (non-hydrogen) atoms. The highest BCUT2D eigenvalue weighted by Crippen LogP contribution is 2.22.